The maximum atomic E-state index is 5.97. The Morgan fingerprint density at radius 2 is 2.40 bits per heavy atom. The SMILES string of the molecule is C[C@H](NC1CCNC1)c1cccc(Cl)c1. The molecule has 1 aliphatic rings. The molecule has 2 nitrogen and oxygen atoms in total. The summed E-state index contributed by atoms with van der Waals surface area (Å²) in [6.07, 6.45) is 1.21. The first-order valence-corrected chi connectivity index (χ1v) is 5.86. The van der Waals surface area contributed by atoms with Crippen LogP contribution in [0.4, 0.5) is 0 Å². The van der Waals surface area contributed by atoms with Crippen molar-refractivity contribution >= 4 is 11.6 Å². The highest BCUT2D eigenvalue weighted by atomic mass is 35.5. The van der Waals surface area contributed by atoms with Crippen molar-refractivity contribution in [3.05, 3.63) is 34.9 Å². The highest BCUT2D eigenvalue weighted by Crippen LogP contribution is 2.18. The fourth-order valence-corrected chi connectivity index (χ4v) is 2.22. The zero-order valence-electron chi connectivity index (χ0n) is 8.96. The van der Waals surface area contributed by atoms with Gasteiger partial charge >= 0.3 is 0 Å². The van der Waals surface area contributed by atoms with Gasteiger partial charge in [-0.1, -0.05) is 23.7 Å². The number of nitrogens with one attached hydrogen (secondary N) is 2. The Morgan fingerprint density at radius 1 is 1.53 bits per heavy atom. The molecule has 1 aliphatic heterocycles. The molecule has 15 heavy (non-hydrogen) atoms. The zero-order valence-corrected chi connectivity index (χ0v) is 9.72. The van der Waals surface area contributed by atoms with Gasteiger partial charge in [-0.25, -0.2) is 0 Å². The van der Waals surface area contributed by atoms with Gasteiger partial charge in [0.05, 0.1) is 0 Å². The van der Waals surface area contributed by atoms with Crippen molar-refractivity contribution in [2.45, 2.75) is 25.4 Å². The van der Waals surface area contributed by atoms with Crippen LogP contribution < -0.4 is 10.6 Å². The van der Waals surface area contributed by atoms with Crippen LogP contribution in [0.25, 0.3) is 0 Å². The number of rotatable bonds is 3. The van der Waals surface area contributed by atoms with Gasteiger partial charge in [0.2, 0.25) is 0 Å². The van der Waals surface area contributed by atoms with Crippen LogP contribution in [0.3, 0.4) is 0 Å². The summed E-state index contributed by atoms with van der Waals surface area (Å²) in [4.78, 5) is 0. The van der Waals surface area contributed by atoms with Crippen LogP contribution in [0.1, 0.15) is 24.9 Å². The summed E-state index contributed by atoms with van der Waals surface area (Å²) in [5, 5.41) is 7.76. The lowest BCUT2D eigenvalue weighted by Gasteiger charge is -2.19. The highest BCUT2D eigenvalue weighted by molar-refractivity contribution is 6.30. The van der Waals surface area contributed by atoms with Gasteiger partial charge in [-0.2, -0.15) is 0 Å². The van der Waals surface area contributed by atoms with Gasteiger partial charge in [0.1, 0.15) is 0 Å². The number of halogens is 1. The van der Waals surface area contributed by atoms with E-state index in [1.165, 1.54) is 12.0 Å². The highest BCUT2D eigenvalue weighted by Gasteiger charge is 2.16. The number of hydrogen-bond acceptors (Lipinski definition) is 2. The molecule has 1 aromatic rings. The van der Waals surface area contributed by atoms with Crippen molar-refractivity contribution in [2.75, 3.05) is 13.1 Å². The molecule has 0 amide bonds. The number of hydrogen-bond donors (Lipinski definition) is 2. The average Bonchev–Trinajstić information content (AvgIpc) is 2.70. The first-order valence-electron chi connectivity index (χ1n) is 5.48. The summed E-state index contributed by atoms with van der Waals surface area (Å²) in [7, 11) is 0. The fourth-order valence-electron chi connectivity index (χ4n) is 2.02. The van der Waals surface area contributed by atoms with E-state index in [0.29, 0.717) is 12.1 Å². The van der Waals surface area contributed by atoms with Crippen molar-refractivity contribution < 1.29 is 0 Å². The second-order valence-electron chi connectivity index (χ2n) is 4.13. The Morgan fingerprint density at radius 3 is 3.07 bits per heavy atom. The van der Waals surface area contributed by atoms with E-state index < -0.39 is 0 Å². The first kappa shape index (κ1) is 10.9. The van der Waals surface area contributed by atoms with Crippen LogP contribution in [0.2, 0.25) is 5.02 Å². The molecular formula is C12H17ClN2. The second kappa shape index (κ2) is 4.97. The van der Waals surface area contributed by atoms with Crippen molar-refractivity contribution in [2.24, 2.45) is 0 Å². The molecule has 1 heterocycles. The summed E-state index contributed by atoms with van der Waals surface area (Å²) < 4.78 is 0. The zero-order chi connectivity index (χ0) is 10.7. The topological polar surface area (TPSA) is 24.1 Å². The predicted molar refractivity (Wildman–Crippen MR) is 64.3 cm³/mol. The van der Waals surface area contributed by atoms with E-state index in [0.717, 1.165) is 18.1 Å². The normalized spacial score (nSPS) is 22.9. The largest absolute Gasteiger partial charge is 0.315 e. The molecule has 0 aliphatic carbocycles. The lowest BCUT2D eigenvalue weighted by Crippen LogP contribution is -2.33. The van der Waals surface area contributed by atoms with Crippen molar-refractivity contribution in [3.8, 4) is 0 Å². The van der Waals surface area contributed by atoms with E-state index in [2.05, 4.69) is 23.6 Å². The minimum atomic E-state index is 0.369. The van der Waals surface area contributed by atoms with Crippen LogP contribution in [0.15, 0.2) is 24.3 Å². The Balaban J connectivity index is 1.97. The number of benzene rings is 1. The first-order chi connectivity index (χ1) is 7.25. The molecule has 0 radical (unpaired) electrons. The van der Waals surface area contributed by atoms with Crippen LogP contribution in [-0.4, -0.2) is 19.1 Å². The minimum absolute atomic E-state index is 0.369. The molecule has 1 aromatic carbocycles. The van der Waals surface area contributed by atoms with E-state index in [1.54, 1.807) is 0 Å². The van der Waals surface area contributed by atoms with Gasteiger partial charge in [-0.3, -0.25) is 0 Å². The minimum Gasteiger partial charge on any atom is -0.315 e. The standard InChI is InChI=1S/C12H17ClN2/c1-9(15-12-5-6-14-8-12)10-3-2-4-11(13)7-10/h2-4,7,9,12,14-15H,5-6,8H2,1H3/t9-,12?/m0/s1. The van der Waals surface area contributed by atoms with Gasteiger partial charge in [0.25, 0.3) is 0 Å². The van der Waals surface area contributed by atoms with Gasteiger partial charge in [-0.15, -0.1) is 0 Å². The van der Waals surface area contributed by atoms with Gasteiger partial charge in [0.15, 0.2) is 0 Å². The Labute approximate surface area is 96.0 Å². The third kappa shape index (κ3) is 2.94. The Kier molecular flexibility index (Phi) is 3.62. The molecule has 1 fully saturated rings. The Hall–Kier alpha value is -0.570. The second-order valence-corrected chi connectivity index (χ2v) is 4.57. The predicted octanol–water partition coefficient (Wildman–Crippen LogP) is 2.35. The summed E-state index contributed by atoms with van der Waals surface area (Å²) >= 11 is 5.97. The van der Waals surface area contributed by atoms with Crippen LogP contribution >= 0.6 is 11.6 Å². The van der Waals surface area contributed by atoms with Gasteiger partial charge in [0, 0.05) is 23.7 Å². The molecule has 0 bridgehead atoms. The molecular weight excluding hydrogens is 208 g/mol. The molecule has 0 spiro atoms. The van der Waals surface area contributed by atoms with E-state index in [1.807, 2.05) is 18.2 Å². The maximum Gasteiger partial charge on any atom is 0.0409 e. The van der Waals surface area contributed by atoms with Gasteiger partial charge < -0.3 is 10.6 Å². The summed E-state index contributed by atoms with van der Waals surface area (Å²) in [6.45, 7) is 4.38. The average molecular weight is 225 g/mol. The molecule has 1 saturated heterocycles. The van der Waals surface area contributed by atoms with Crippen molar-refractivity contribution in [1.29, 1.82) is 0 Å². The van der Waals surface area contributed by atoms with E-state index in [4.69, 9.17) is 11.6 Å². The molecule has 2 atom stereocenters. The molecule has 0 aromatic heterocycles. The summed E-state index contributed by atoms with van der Waals surface area (Å²) in [6, 6.07) is 9.03. The lowest BCUT2D eigenvalue weighted by atomic mass is 10.1. The molecule has 0 saturated carbocycles. The smallest absolute Gasteiger partial charge is 0.0409 e. The van der Waals surface area contributed by atoms with Crippen molar-refractivity contribution in [1.82, 2.24) is 10.6 Å². The quantitative estimate of drug-likeness (QED) is 0.824. The van der Waals surface area contributed by atoms with Crippen LogP contribution in [0, 0.1) is 0 Å². The summed E-state index contributed by atoms with van der Waals surface area (Å²) in [5.41, 5.74) is 1.26. The lowest BCUT2D eigenvalue weighted by molar-refractivity contribution is 0.478. The van der Waals surface area contributed by atoms with Crippen LogP contribution in [-0.2, 0) is 0 Å². The molecule has 2 N–H and O–H groups in total. The van der Waals surface area contributed by atoms with Crippen LogP contribution in [0.5, 0.6) is 0 Å². The Bertz CT molecular complexity index is 321. The molecule has 1 unspecified atom stereocenters. The summed E-state index contributed by atoms with van der Waals surface area (Å²) in [5.74, 6) is 0. The molecule has 2 rings (SSSR count). The third-order valence-electron chi connectivity index (χ3n) is 2.89. The van der Waals surface area contributed by atoms with E-state index >= 15 is 0 Å². The fraction of sp³-hybridized carbons (Fsp3) is 0.500. The molecule has 82 valence electrons. The third-order valence-corrected chi connectivity index (χ3v) is 3.13. The maximum absolute atomic E-state index is 5.97. The van der Waals surface area contributed by atoms with E-state index in [9.17, 15) is 0 Å². The van der Waals surface area contributed by atoms with Crippen molar-refractivity contribution in [3.63, 3.8) is 0 Å². The molecule has 3 heteroatoms. The van der Waals surface area contributed by atoms with Gasteiger partial charge in [-0.05, 0) is 37.6 Å². The monoisotopic (exact) mass is 224 g/mol. The van der Waals surface area contributed by atoms with E-state index in [-0.39, 0.29) is 0 Å².